The van der Waals surface area contributed by atoms with Crippen molar-refractivity contribution in [2.24, 2.45) is 5.73 Å². The Balaban J connectivity index is 2.53. The lowest BCUT2D eigenvalue weighted by atomic mass is 9.94. The zero-order valence-electron chi connectivity index (χ0n) is 11.5. The number of carbonyl (C=O) groups is 1. The van der Waals surface area contributed by atoms with Gasteiger partial charge in [0.1, 0.15) is 11.8 Å². The Hall–Kier alpha value is -2.04. The molecule has 2 aromatic carbocycles. The smallest absolute Gasteiger partial charge is 0.320 e. The molecule has 0 aromatic heterocycles. The van der Waals surface area contributed by atoms with Crippen LogP contribution in [0.5, 0.6) is 5.75 Å². The summed E-state index contributed by atoms with van der Waals surface area (Å²) in [7, 11) is 1.57. The van der Waals surface area contributed by atoms with Crippen molar-refractivity contribution in [3.8, 4) is 16.9 Å². The third-order valence-corrected chi connectivity index (χ3v) is 3.55. The normalized spacial score (nSPS) is 12.0. The second-order valence-electron chi connectivity index (χ2n) is 4.62. The van der Waals surface area contributed by atoms with Gasteiger partial charge in [-0.05, 0) is 29.7 Å². The Kier molecular flexibility index (Phi) is 4.83. The van der Waals surface area contributed by atoms with Crippen LogP contribution in [0.3, 0.4) is 0 Å². The maximum atomic E-state index is 11.0. The standard InChI is InChI=1S/C16H16ClNO3/c1-21-14-8-4-7-12(17)15(14)11-6-3-2-5-10(11)9-13(18)16(19)20/h2-8,13H,9,18H2,1H3,(H,19,20). The van der Waals surface area contributed by atoms with E-state index in [0.29, 0.717) is 10.8 Å². The van der Waals surface area contributed by atoms with Gasteiger partial charge in [0.25, 0.3) is 0 Å². The molecule has 1 atom stereocenters. The molecule has 110 valence electrons. The Labute approximate surface area is 128 Å². The summed E-state index contributed by atoms with van der Waals surface area (Å²) < 4.78 is 5.36. The number of aliphatic carboxylic acids is 1. The van der Waals surface area contributed by atoms with E-state index in [-0.39, 0.29) is 6.42 Å². The fourth-order valence-electron chi connectivity index (χ4n) is 2.20. The molecule has 0 saturated carbocycles. The molecule has 0 aliphatic carbocycles. The number of carboxylic acid groups (broad SMARTS) is 1. The van der Waals surface area contributed by atoms with Gasteiger partial charge in [-0.2, -0.15) is 0 Å². The van der Waals surface area contributed by atoms with E-state index in [1.165, 1.54) is 0 Å². The lowest BCUT2D eigenvalue weighted by Crippen LogP contribution is -2.32. The first-order chi connectivity index (χ1) is 10.0. The van der Waals surface area contributed by atoms with E-state index < -0.39 is 12.0 Å². The summed E-state index contributed by atoms with van der Waals surface area (Å²) in [6, 6.07) is 11.9. The van der Waals surface area contributed by atoms with E-state index in [9.17, 15) is 4.79 Å². The largest absolute Gasteiger partial charge is 0.496 e. The third-order valence-electron chi connectivity index (χ3n) is 3.24. The van der Waals surface area contributed by atoms with Gasteiger partial charge < -0.3 is 15.6 Å². The molecule has 0 fully saturated rings. The third kappa shape index (κ3) is 3.35. The van der Waals surface area contributed by atoms with Crippen molar-refractivity contribution >= 4 is 17.6 Å². The van der Waals surface area contributed by atoms with Crippen molar-refractivity contribution in [2.75, 3.05) is 7.11 Å². The van der Waals surface area contributed by atoms with Gasteiger partial charge in [-0.15, -0.1) is 0 Å². The molecule has 21 heavy (non-hydrogen) atoms. The van der Waals surface area contributed by atoms with Gasteiger partial charge in [-0.3, -0.25) is 4.79 Å². The van der Waals surface area contributed by atoms with E-state index in [2.05, 4.69) is 0 Å². The molecule has 3 N–H and O–H groups in total. The fraction of sp³-hybridized carbons (Fsp3) is 0.188. The minimum atomic E-state index is -1.03. The summed E-state index contributed by atoms with van der Waals surface area (Å²) in [4.78, 5) is 11.0. The van der Waals surface area contributed by atoms with Crippen LogP contribution in [0.25, 0.3) is 11.1 Å². The molecule has 0 aliphatic heterocycles. The van der Waals surface area contributed by atoms with Crippen LogP contribution in [0.2, 0.25) is 5.02 Å². The second kappa shape index (κ2) is 6.61. The number of hydrogen-bond acceptors (Lipinski definition) is 3. The molecule has 2 aromatic rings. The van der Waals surface area contributed by atoms with E-state index in [1.807, 2.05) is 30.3 Å². The lowest BCUT2D eigenvalue weighted by Gasteiger charge is -2.15. The Morgan fingerprint density at radius 2 is 2.00 bits per heavy atom. The molecule has 0 radical (unpaired) electrons. The molecule has 4 nitrogen and oxygen atoms in total. The molecule has 0 heterocycles. The van der Waals surface area contributed by atoms with Crippen molar-refractivity contribution in [3.63, 3.8) is 0 Å². The van der Waals surface area contributed by atoms with Gasteiger partial charge >= 0.3 is 5.97 Å². The molecule has 5 heteroatoms. The zero-order valence-corrected chi connectivity index (χ0v) is 12.3. The quantitative estimate of drug-likeness (QED) is 0.890. The van der Waals surface area contributed by atoms with Crippen LogP contribution in [-0.4, -0.2) is 24.2 Å². The predicted octanol–water partition coefficient (Wildman–Crippen LogP) is 2.97. The topological polar surface area (TPSA) is 72.5 Å². The number of ether oxygens (including phenoxy) is 1. The highest BCUT2D eigenvalue weighted by Gasteiger charge is 2.18. The number of methoxy groups -OCH3 is 1. The first kappa shape index (κ1) is 15.4. The summed E-state index contributed by atoms with van der Waals surface area (Å²) in [5, 5.41) is 9.53. The second-order valence-corrected chi connectivity index (χ2v) is 5.03. The van der Waals surface area contributed by atoms with Crippen molar-refractivity contribution < 1.29 is 14.6 Å². The van der Waals surface area contributed by atoms with Crippen LogP contribution in [0, 0.1) is 0 Å². The number of halogens is 1. The summed E-state index contributed by atoms with van der Waals surface area (Å²) in [6.45, 7) is 0. The van der Waals surface area contributed by atoms with Crippen LogP contribution in [0.4, 0.5) is 0 Å². The number of benzene rings is 2. The summed E-state index contributed by atoms with van der Waals surface area (Å²) in [6.07, 6.45) is 0.222. The summed E-state index contributed by atoms with van der Waals surface area (Å²) >= 11 is 6.29. The minimum Gasteiger partial charge on any atom is -0.496 e. The molecule has 0 aliphatic rings. The van der Waals surface area contributed by atoms with Crippen LogP contribution in [0.15, 0.2) is 42.5 Å². The highest BCUT2D eigenvalue weighted by atomic mass is 35.5. The predicted molar refractivity (Wildman–Crippen MR) is 82.8 cm³/mol. The van der Waals surface area contributed by atoms with Crippen molar-refractivity contribution in [1.82, 2.24) is 0 Å². The molecule has 0 amide bonds. The van der Waals surface area contributed by atoms with Crippen molar-refractivity contribution in [1.29, 1.82) is 0 Å². The molecule has 0 bridgehead atoms. The van der Waals surface area contributed by atoms with E-state index >= 15 is 0 Å². The zero-order chi connectivity index (χ0) is 15.4. The maximum Gasteiger partial charge on any atom is 0.320 e. The van der Waals surface area contributed by atoms with E-state index in [4.69, 9.17) is 27.2 Å². The van der Waals surface area contributed by atoms with Gasteiger partial charge in [-0.25, -0.2) is 0 Å². The average Bonchev–Trinajstić information content (AvgIpc) is 2.47. The van der Waals surface area contributed by atoms with Crippen LogP contribution >= 0.6 is 11.6 Å². The molecular formula is C16H16ClNO3. The summed E-state index contributed by atoms with van der Waals surface area (Å²) in [5.74, 6) is -0.394. The Morgan fingerprint density at radius 1 is 1.29 bits per heavy atom. The van der Waals surface area contributed by atoms with E-state index in [1.54, 1.807) is 19.2 Å². The minimum absolute atomic E-state index is 0.222. The van der Waals surface area contributed by atoms with Gasteiger partial charge in [-0.1, -0.05) is 41.9 Å². The number of carboxylic acids is 1. The summed E-state index contributed by atoms with van der Waals surface area (Å²) in [5.41, 5.74) is 8.03. The molecule has 2 rings (SSSR count). The highest BCUT2D eigenvalue weighted by Crippen LogP contribution is 2.38. The van der Waals surface area contributed by atoms with Gasteiger partial charge in [0.2, 0.25) is 0 Å². The van der Waals surface area contributed by atoms with Crippen molar-refractivity contribution in [3.05, 3.63) is 53.1 Å². The molecule has 0 spiro atoms. The van der Waals surface area contributed by atoms with Gasteiger partial charge in [0.15, 0.2) is 0 Å². The van der Waals surface area contributed by atoms with Crippen LogP contribution in [0.1, 0.15) is 5.56 Å². The lowest BCUT2D eigenvalue weighted by molar-refractivity contribution is -0.138. The molecule has 1 unspecified atom stereocenters. The maximum absolute atomic E-state index is 11.0. The monoisotopic (exact) mass is 305 g/mol. The molecule has 0 saturated heterocycles. The van der Waals surface area contributed by atoms with Gasteiger partial charge in [0.05, 0.1) is 12.1 Å². The van der Waals surface area contributed by atoms with Crippen molar-refractivity contribution in [2.45, 2.75) is 12.5 Å². The number of hydrogen-bond donors (Lipinski definition) is 2. The average molecular weight is 306 g/mol. The number of nitrogens with two attached hydrogens (primary N) is 1. The molecular weight excluding hydrogens is 290 g/mol. The first-order valence-corrected chi connectivity index (χ1v) is 6.81. The SMILES string of the molecule is COc1cccc(Cl)c1-c1ccccc1CC(N)C(=O)O. The Bertz CT molecular complexity index is 658. The highest BCUT2D eigenvalue weighted by molar-refractivity contribution is 6.33. The van der Waals surface area contributed by atoms with Crippen LogP contribution in [-0.2, 0) is 11.2 Å². The Morgan fingerprint density at radius 3 is 2.67 bits per heavy atom. The van der Waals surface area contributed by atoms with Crippen LogP contribution < -0.4 is 10.5 Å². The van der Waals surface area contributed by atoms with Gasteiger partial charge in [0, 0.05) is 5.56 Å². The fourth-order valence-corrected chi connectivity index (χ4v) is 2.47. The first-order valence-electron chi connectivity index (χ1n) is 6.43. The number of rotatable bonds is 5. The van der Waals surface area contributed by atoms with E-state index in [0.717, 1.165) is 16.7 Å².